The van der Waals surface area contributed by atoms with Crippen LogP contribution in [-0.4, -0.2) is 24.7 Å². The van der Waals surface area contributed by atoms with E-state index in [9.17, 15) is 13.2 Å². The standard InChI is InChI=1S/C13H19F3N2OS/c1-2-5-17-11(9-3-6-19-7-4-9)10-8-18-12(20-10)13(14,15)16/h8-9,11,17H,2-7H2,1H3. The summed E-state index contributed by atoms with van der Waals surface area (Å²) in [4.78, 5) is 4.21. The summed E-state index contributed by atoms with van der Waals surface area (Å²) < 4.78 is 43.3. The molecule has 1 aromatic heterocycles. The minimum absolute atomic E-state index is 0.0487. The van der Waals surface area contributed by atoms with Crippen molar-refractivity contribution in [1.29, 1.82) is 0 Å². The molecule has 1 saturated heterocycles. The van der Waals surface area contributed by atoms with Crippen LogP contribution in [0.4, 0.5) is 13.2 Å². The SMILES string of the molecule is CCCNC(c1cnc(C(F)(F)F)s1)C1CCOCC1. The predicted octanol–water partition coefficient (Wildman–Crippen LogP) is 3.63. The fraction of sp³-hybridized carbons (Fsp3) is 0.769. The number of thiazole rings is 1. The quantitative estimate of drug-likeness (QED) is 0.902. The van der Waals surface area contributed by atoms with Crippen molar-refractivity contribution in [2.45, 2.75) is 38.4 Å². The summed E-state index contributed by atoms with van der Waals surface area (Å²) in [5, 5.41) is 2.61. The zero-order chi connectivity index (χ0) is 14.6. The largest absolute Gasteiger partial charge is 0.443 e. The van der Waals surface area contributed by atoms with Gasteiger partial charge in [0, 0.05) is 30.3 Å². The average molecular weight is 308 g/mol. The number of nitrogens with zero attached hydrogens (tertiary/aromatic N) is 1. The first-order valence-corrected chi connectivity index (χ1v) is 7.68. The molecule has 1 aliphatic heterocycles. The number of aromatic nitrogens is 1. The maximum atomic E-state index is 12.7. The zero-order valence-corrected chi connectivity index (χ0v) is 12.2. The summed E-state index contributed by atoms with van der Waals surface area (Å²) in [6.07, 6.45) is -0.282. The Morgan fingerprint density at radius 2 is 2.15 bits per heavy atom. The highest BCUT2D eigenvalue weighted by Gasteiger charge is 2.36. The molecule has 1 fully saturated rings. The molecule has 20 heavy (non-hydrogen) atoms. The normalized spacial score (nSPS) is 19.2. The molecular formula is C13H19F3N2OS. The highest BCUT2D eigenvalue weighted by atomic mass is 32.1. The van der Waals surface area contributed by atoms with Crippen LogP contribution in [0.2, 0.25) is 0 Å². The Morgan fingerprint density at radius 3 is 2.70 bits per heavy atom. The lowest BCUT2D eigenvalue weighted by molar-refractivity contribution is -0.137. The van der Waals surface area contributed by atoms with Gasteiger partial charge < -0.3 is 10.1 Å². The Kier molecular flexibility index (Phi) is 5.40. The molecular weight excluding hydrogens is 289 g/mol. The first-order valence-electron chi connectivity index (χ1n) is 6.86. The minimum Gasteiger partial charge on any atom is -0.381 e. The van der Waals surface area contributed by atoms with Crippen molar-refractivity contribution >= 4 is 11.3 Å². The van der Waals surface area contributed by atoms with Crippen LogP contribution in [-0.2, 0) is 10.9 Å². The molecule has 0 aliphatic carbocycles. The lowest BCUT2D eigenvalue weighted by atomic mass is 9.91. The average Bonchev–Trinajstić information content (AvgIpc) is 2.90. The predicted molar refractivity (Wildman–Crippen MR) is 71.7 cm³/mol. The molecule has 0 radical (unpaired) electrons. The Labute approximate surface area is 120 Å². The van der Waals surface area contributed by atoms with Gasteiger partial charge in [0.1, 0.15) is 0 Å². The first kappa shape index (κ1) is 15.7. The van der Waals surface area contributed by atoms with Gasteiger partial charge in [-0.15, -0.1) is 11.3 Å². The van der Waals surface area contributed by atoms with E-state index in [4.69, 9.17) is 4.74 Å². The Morgan fingerprint density at radius 1 is 1.45 bits per heavy atom. The van der Waals surface area contributed by atoms with Crippen LogP contribution < -0.4 is 5.32 Å². The highest BCUT2D eigenvalue weighted by Crippen LogP contribution is 2.38. The number of ether oxygens (including phenoxy) is 1. The molecule has 0 bridgehead atoms. The second kappa shape index (κ2) is 6.87. The van der Waals surface area contributed by atoms with Crippen LogP contribution in [0, 0.1) is 5.92 Å². The molecule has 1 aromatic rings. The summed E-state index contributed by atoms with van der Waals surface area (Å²) in [6.45, 7) is 4.20. The molecule has 0 saturated carbocycles. The number of halogens is 3. The molecule has 1 atom stereocenters. The molecule has 0 amide bonds. The highest BCUT2D eigenvalue weighted by molar-refractivity contribution is 7.11. The summed E-state index contributed by atoms with van der Waals surface area (Å²) >= 11 is 0.753. The third kappa shape index (κ3) is 3.93. The Bertz CT molecular complexity index is 416. The van der Waals surface area contributed by atoms with Crippen molar-refractivity contribution in [3.05, 3.63) is 16.1 Å². The van der Waals surface area contributed by atoms with E-state index in [1.54, 1.807) is 0 Å². The Balaban J connectivity index is 2.14. The minimum atomic E-state index is -4.35. The van der Waals surface area contributed by atoms with Crippen LogP contribution in [0.5, 0.6) is 0 Å². The molecule has 2 rings (SSSR count). The van der Waals surface area contributed by atoms with Crippen molar-refractivity contribution < 1.29 is 17.9 Å². The topological polar surface area (TPSA) is 34.2 Å². The molecule has 114 valence electrons. The molecule has 1 aliphatic rings. The van der Waals surface area contributed by atoms with Crippen LogP contribution in [0.25, 0.3) is 0 Å². The summed E-state index contributed by atoms with van der Waals surface area (Å²) in [7, 11) is 0. The van der Waals surface area contributed by atoms with Crippen molar-refractivity contribution in [2.24, 2.45) is 5.92 Å². The van der Waals surface area contributed by atoms with Gasteiger partial charge in [0.05, 0.1) is 0 Å². The van der Waals surface area contributed by atoms with Gasteiger partial charge in [-0.05, 0) is 31.7 Å². The van der Waals surface area contributed by atoms with E-state index in [0.717, 1.165) is 37.1 Å². The monoisotopic (exact) mass is 308 g/mol. The van der Waals surface area contributed by atoms with E-state index in [1.807, 2.05) is 6.92 Å². The molecule has 0 spiro atoms. The summed E-state index contributed by atoms with van der Waals surface area (Å²) in [5.41, 5.74) is 0. The fourth-order valence-corrected chi connectivity index (χ4v) is 3.36. The van der Waals surface area contributed by atoms with E-state index in [2.05, 4.69) is 10.3 Å². The number of rotatable bonds is 5. The number of hydrogen-bond acceptors (Lipinski definition) is 4. The Hall–Kier alpha value is -0.660. The van der Waals surface area contributed by atoms with Crippen LogP contribution in [0.1, 0.15) is 42.1 Å². The van der Waals surface area contributed by atoms with Crippen molar-refractivity contribution in [3.8, 4) is 0 Å². The van der Waals surface area contributed by atoms with Crippen molar-refractivity contribution in [3.63, 3.8) is 0 Å². The van der Waals surface area contributed by atoms with E-state index in [1.165, 1.54) is 6.20 Å². The number of nitrogens with one attached hydrogen (secondary N) is 1. The molecule has 1 N–H and O–H groups in total. The second-order valence-corrected chi connectivity index (χ2v) is 6.01. The van der Waals surface area contributed by atoms with Gasteiger partial charge in [-0.3, -0.25) is 0 Å². The van der Waals surface area contributed by atoms with E-state index < -0.39 is 11.2 Å². The first-order chi connectivity index (χ1) is 9.52. The third-order valence-electron chi connectivity index (χ3n) is 3.42. The van der Waals surface area contributed by atoms with Crippen molar-refractivity contribution in [2.75, 3.05) is 19.8 Å². The molecule has 7 heteroatoms. The summed E-state index contributed by atoms with van der Waals surface area (Å²) in [5.74, 6) is 0.317. The lowest BCUT2D eigenvalue weighted by Crippen LogP contribution is -2.32. The molecule has 3 nitrogen and oxygen atoms in total. The molecule has 0 aromatic carbocycles. The van der Waals surface area contributed by atoms with Gasteiger partial charge in [0.15, 0.2) is 5.01 Å². The van der Waals surface area contributed by atoms with Crippen LogP contribution in [0.3, 0.4) is 0 Å². The van der Waals surface area contributed by atoms with E-state index in [-0.39, 0.29) is 6.04 Å². The van der Waals surface area contributed by atoms with Gasteiger partial charge in [-0.1, -0.05) is 6.92 Å². The fourth-order valence-electron chi connectivity index (χ4n) is 2.41. The van der Waals surface area contributed by atoms with E-state index >= 15 is 0 Å². The van der Waals surface area contributed by atoms with Gasteiger partial charge in [0.2, 0.25) is 0 Å². The number of hydrogen-bond donors (Lipinski definition) is 1. The summed E-state index contributed by atoms with van der Waals surface area (Å²) in [6, 6.07) is -0.0487. The van der Waals surface area contributed by atoms with Gasteiger partial charge in [-0.25, -0.2) is 4.98 Å². The van der Waals surface area contributed by atoms with Gasteiger partial charge in [-0.2, -0.15) is 13.2 Å². The number of alkyl halides is 3. The molecule has 1 unspecified atom stereocenters. The smallest absolute Gasteiger partial charge is 0.381 e. The van der Waals surface area contributed by atoms with Gasteiger partial charge in [0.25, 0.3) is 0 Å². The van der Waals surface area contributed by atoms with E-state index in [0.29, 0.717) is 24.0 Å². The maximum absolute atomic E-state index is 12.7. The maximum Gasteiger partial charge on any atom is 0.443 e. The lowest BCUT2D eigenvalue weighted by Gasteiger charge is -2.30. The third-order valence-corrected chi connectivity index (χ3v) is 4.55. The zero-order valence-electron chi connectivity index (χ0n) is 11.4. The molecule has 2 heterocycles. The van der Waals surface area contributed by atoms with Crippen molar-refractivity contribution in [1.82, 2.24) is 10.3 Å². The van der Waals surface area contributed by atoms with Crippen LogP contribution >= 0.6 is 11.3 Å². The van der Waals surface area contributed by atoms with Gasteiger partial charge >= 0.3 is 6.18 Å². The van der Waals surface area contributed by atoms with Crippen LogP contribution in [0.15, 0.2) is 6.20 Å². The second-order valence-electron chi connectivity index (χ2n) is 4.95.